The van der Waals surface area contributed by atoms with E-state index in [0.29, 0.717) is 6.04 Å². The predicted octanol–water partition coefficient (Wildman–Crippen LogP) is 2.14. The van der Waals surface area contributed by atoms with Gasteiger partial charge in [-0.15, -0.1) is 0 Å². The van der Waals surface area contributed by atoms with Gasteiger partial charge in [-0.1, -0.05) is 12.1 Å². The summed E-state index contributed by atoms with van der Waals surface area (Å²) in [5.41, 5.74) is 1.88. The highest BCUT2D eigenvalue weighted by molar-refractivity contribution is 5.94. The maximum atomic E-state index is 12.4. The lowest BCUT2D eigenvalue weighted by atomic mass is 10.1. The number of amides is 1. The number of carbonyl (C=O) groups is 1. The molecule has 1 aromatic carbocycles. The number of imidazole rings is 1. The van der Waals surface area contributed by atoms with E-state index in [0.717, 1.165) is 37.2 Å². The van der Waals surface area contributed by atoms with Crippen molar-refractivity contribution in [2.45, 2.75) is 38.9 Å². The van der Waals surface area contributed by atoms with Crippen molar-refractivity contribution >= 4 is 5.91 Å². The van der Waals surface area contributed by atoms with Crippen molar-refractivity contribution in [1.29, 1.82) is 0 Å². The van der Waals surface area contributed by atoms with Crippen LogP contribution in [0.15, 0.2) is 43.0 Å². The monoisotopic (exact) mass is 312 g/mol. The van der Waals surface area contributed by atoms with Gasteiger partial charge in [-0.05, 0) is 38.0 Å². The number of hydrogen-bond acceptors (Lipinski definition) is 3. The van der Waals surface area contributed by atoms with E-state index in [2.05, 4.69) is 29.0 Å². The van der Waals surface area contributed by atoms with Crippen molar-refractivity contribution in [2.75, 3.05) is 13.1 Å². The summed E-state index contributed by atoms with van der Waals surface area (Å²) < 4.78 is 2.01. The first kappa shape index (κ1) is 15.7. The zero-order chi connectivity index (χ0) is 16.2. The van der Waals surface area contributed by atoms with E-state index in [4.69, 9.17) is 0 Å². The van der Waals surface area contributed by atoms with Crippen LogP contribution in [-0.4, -0.2) is 45.5 Å². The number of likely N-dealkylation sites (tertiary alicyclic amines) is 1. The Morgan fingerprint density at radius 3 is 2.74 bits per heavy atom. The molecular weight excluding hydrogens is 288 g/mol. The van der Waals surface area contributed by atoms with Crippen molar-refractivity contribution < 1.29 is 4.79 Å². The molecule has 2 heterocycles. The topological polar surface area (TPSA) is 50.2 Å². The zero-order valence-electron chi connectivity index (χ0n) is 13.8. The highest BCUT2D eigenvalue weighted by Crippen LogP contribution is 2.13. The Bertz CT molecular complexity index is 634. The summed E-state index contributed by atoms with van der Waals surface area (Å²) in [6, 6.07) is 8.61. The molecule has 1 saturated heterocycles. The van der Waals surface area contributed by atoms with Gasteiger partial charge in [0.25, 0.3) is 5.91 Å². The maximum absolute atomic E-state index is 12.4. The lowest BCUT2D eigenvalue weighted by Gasteiger charge is -2.20. The molecule has 2 aromatic rings. The first-order chi connectivity index (χ1) is 11.1. The standard InChI is InChI=1S/C18H24N4O/c1-14(2)22-9-7-17(12-22)20-18(23)16-5-3-15(4-6-16)11-21-10-8-19-13-21/h3-6,8,10,13-14,17H,7,9,11-12H2,1-2H3,(H,20,23). The van der Waals surface area contributed by atoms with Crippen molar-refractivity contribution in [3.05, 3.63) is 54.1 Å². The van der Waals surface area contributed by atoms with Gasteiger partial charge >= 0.3 is 0 Å². The molecule has 1 aliphatic heterocycles. The molecule has 5 heteroatoms. The minimum Gasteiger partial charge on any atom is -0.348 e. The van der Waals surface area contributed by atoms with Crippen molar-refractivity contribution in [3.8, 4) is 0 Å². The molecule has 1 fully saturated rings. The third-order valence-corrected chi connectivity index (χ3v) is 4.43. The normalized spacial score (nSPS) is 18.5. The summed E-state index contributed by atoms with van der Waals surface area (Å²) in [7, 11) is 0. The lowest BCUT2D eigenvalue weighted by Crippen LogP contribution is -2.38. The quantitative estimate of drug-likeness (QED) is 0.920. The van der Waals surface area contributed by atoms with Gasteiger partial charge in [0.15, 0.2) is 0 Å². The average Bonchev–Trinajstić information content (AvgIpc) is 3.19. The molecule has 0 radical (unpaired) electrons. The second kappa shape index (κ2) is 6.96. The van der Waals surface area contributed by atoms with Crippen LogP contribution in [0.2, 0.25) is 0 Å². The summed E-state index contributed by atoms with van der Waals surface area (Å²) in [4.78, 5) is 18.8. The van der Waals surface area contributed by atoms with Gasteiger partial charge in [-0.25, -0.2) is 4.98 Å². The van der Waals surface area contributed by atoms with E-state index >= 15 is 0 Å². The minimum atomic E-state index is 0.0230. The van der Waals surface area contributed by atoms with Crippen LogP contribution in [0.1, 0.15) is 36.2 Å². The molecule has 5 nitrogen and oxygen atoms in total. The summed E-state index contributed by atoms with van der Waals surface area (Å²) in [5, 5.41) is 3.15. The molecule has 1 aromatic heterocycles. The van der Waals surface area contributed by atoms with Crippen LogP contribution < -0.4 is 5.32 Å². The smallest absolute Gasteiger partial charge is 0.251 e. The van der Waals surface area contributed by atoms with Gasteiger partial charge in [-0.3, -0.25) is 9.69 Å². The molecular formula is C18H24N4O. The number of hydrogen-bond donors (Lipinski definition) is 1. The van der Waals surface area contributed by atoms with Crippen LogP contribution in [0.4, 0.5) is 0 Å². The van der Waals surface area contributed by atoms with Gasteiger partial charge in [-0.2, -0.15) is 0 Å². The van der Waals surface area contributed by atoms with E-state index in [-0.39, 0.29) is 11.9 Å². The number of rotatable bonds is 5. The molecule has 23 heavy (non-hydrogen) atoms. The van der Waals surface area contributed by atoms with Crippen LogP contribution in [0.5, 0.6) is 0 Å². The van der Waals surface area contributed by atoms with E-state index in [1.54, 1.807) is 12.5 Å². The number of carbonyl (C=O) groups excluding carboxylic acids is 1. The van der Waals surface area contributed by atoms with Gasteiger partial charge in [0.1, 0.15) is 0 Å². The van der Waals surface area contributed by atoms with Crippen LogP contribution in [0, 0.1) is 0 Å². The lowest BCUT2D eigenvalue weighted by molar-refractivity contribution is 0.0936. The first-order valence-corrected chi connectivity index (χ1v) is 8.21. The van der Waals surface area contributed by atoms with E-state index in [1.807, 2.05) is 35.0 Å². The Morgan fingerprint density at radius 1 is 1.35 bits per heavy atom. The molecule has 1 atom stereocenters. The fraction of sp³-hybridized carbons (Fsp3) is 0.444. The second-order valence-electron chi connectivity index (χ2n) is 6.48. The minimum absolute atomic E-state index is 0.0230. The molecule has 1 amide bonds. The fourth-order valence-corrected chi connectivity index (χ4v) is 3.00. The molecule has 0 saturated carbocycles. The maximum Gasteiger partial charge on any atom is 0.251 e. The second-order valence-corrected chi connectivity index (χ2v) is 6.48. The van der Waals surface area contributed by atoms with Crippen LogP contribution in [-0.2, 0) is 6.54 Å². The predicted molar refractivity (Wildman–Crippen MR) is 90.4 cm³/mol. The van der Waals surface area contributed by atoms with Gasteiger partial charge < -0.3 is 9.88 Å². The number of benzene rings is 1. The summed E-state index contributed by atoms with van der Waals surface area (Å²) in [5.74, 6) is 0.0230. The highest BCUT2D eigenvalue weighted by atomic mass is 16.1. The van der Waals surface area contributed by atoms with E-state index in [9.17, 15) is 4.79 Å². The van der Waals surface area contributed by atoms with Gasteiger partial charge in [0.05, 0.1) is 6.33 Å². The Labute approximate surface area is 137 Å². The molecule has 3 rings (SSSR count). The molecule has 0 aliphatic carbocycles. The molecule has 0 bridgehead atoms. The van der Waals surface area contributed by atoms with E-state index < -0.39 is 0 Å². The van der Waals surface area contributed by atoms with Crippen molar-refractivity contribution in [3.63, 3.8) is 0 Å². The Hall–Kier alpha value is -2.14. The third kappa shape index (κ3) is 3.99. The Morgan fingerprint density at radius 2 is 2.13 bits per heavy atom. The average molecular weight is 312 g/mol. The first-order valence-electron chi connectivity index (χ1n) is 8.21. The molecule has 1 N–H and O–H groups in total. The molecule has 1 aliphatic rings. The van der Waals surface area contributed by atoms with Crippen LogP contribution in [0.3, 0.4) is 0 Å². The largest absolute Gasteiger partial charge is 0.348 e. The number of aromatic nitrogens is 2. The SMILES string of the molecule is CC(C)N1CCC(NC(=O)c2ccc(Cn3ccnc3)cc2)C1. The Kier molecular flexibility index (Phi) is 4.76. The number of nitrogens with zero attached hydrogens (tertiary/aromatic N) is 3. The van der Waals surface area contributed by atoms with Gasteiger partial charge in [0.2, 0.25) is 0 Å². The number of nitrogens with one attached hydrogen (secondary N) is 1. The summed E-state index contributed by atoms with van der Waals surface area (Å²) in [6.45, 7) is 7.18. The molecule has 122 valence electrons. The summed E-state index contributed by atoms with van der Waals surface area (Å²) >= 11 is 0. The van der Waals surface area contributed by atoms with Crippen LogP contribution >= 0.6 is 0 Å². The van der Waals surface area contributed by atoms with Crippen molar-refractivity contribution in [2.24, 2.45) is 0 Å². The van der Waals surface area contributed by atoms with Gasteiger partial charge in [0, 0.05) is 49.7 Å². The van der Waals surface area contributed by atoms with Crippen molar-refractivity contribution in [1.82, 2.24) is 19.8 Å². The molecule has 0 spiro atoms. The third-order valence-electron chi connectivity index (χ3n) is 4.43. The zero-order valence-corrected chi connectivity index (χ0v) is 13.8. The molecule has 1 unspecified atom stereocenters. The highest BCUT2D eigenvalue weighted by Gasteiger charge is 2.25. The Balaban J connectivity index is 1.55. The summed E-state index contributed by atoms with van der Waals surface area (Å²) in [6.07, 6.45) is 6.52. The van der Waals surface area contributed by atoms with E-state index in [1.165, 1.54) is 0 Å². The van der Waals surface area contributed by atoms with Crippen LogP contribution in [0.25, 0.3) is 0 Å². The fourth-order valence-electron chi connectivity index (χ4n) is 3.00.